The van der Waals surface area contributed by atoms with Gasteiger partial charge in [-0.2, -0.15) is 5.10 Å². The molecule has 0 saturated heterocycles. The van der Waals surface area contributed by atoms with Crippen LogP contribution in [0.5, 0.6) is 0 Å². The topological polar surface area (TPSA) is 94.7 Å². The summed E-state index contributed by atoms with van der Waals surface area (Å²) in [4.78, 5) is 33.9. The highest BCUT2D eigenvalue weighted by Crippen LogP contribution is 2.39. The minimum Gasteiger partial charge on any atom is -0.350 e. The van der Waals surface area contributed by atoms with Crippen LogP contribution in [0.15, 0.2) is 65.7 Å². The Bertz CT molecular complexity index is 1270. The number of hydrogen-bond donors (Lipinski definition) is 1. The summed E-state index contributed by atoms with van der Waals surface area (Å²) in [5, 5.41) is 7.41. The molecule has 0 radical (unpaired) electrons. The first-order chi connectivity index (χ1) is 14.7. The highest BCUT2D eigenvalue weighted by Gasteiger charge is 2.31. The first-order valence-electron chi connectivity index (χ1n) is 9.95. The Kier molecular flexibility index (Phi) is 4.59. The molecule has 1 N–H and O–H groups in total. The predicted octanol–water partition coefficient (Wildman–Crippen LogP) is 2.28. The van der Waals surface area contributed by atoms with Crippen molar-refractivity contribution in [2.24, 2.45) is 0 Å². The molecule has 4 aromatic rings. The number of nitrogens with zero attached hydrogens (tertiary/aromatic N) is 5. The van der Waals surface area contributed by atoms with Gasteiger partial charge < -0.3 is 5.32 Å². The molecule has 5 rings (SSSR count). The molecule has 1 aliphatic rings. The van der Waals surface area contributed by atoms with E-state index in [1.807, 2.05) is 30.3 Å². The van der Waals surface area contributed by atoms with Crippen LogP contribution in [-0.4, -0.2) is 36.8 Å². The average molecular weight is 400 g/mol. The van der Waals surface area contributed by atoms with Gasteiger partial charge in [-0.3, -0.25) is 14.8 Å². The van der Waals surface area contributed by atoms with Crippen LogP contribution in [0.4, 0.5) is 0 Å². The second kappa shape index (κ2) is 7.55. The SMILES string of the molecule is O=C(NCCn1nc(C2CC2)n(-c2ccccc2)c1=O)c1ccc2nccnc2c1. The summed E-state index contributed by atoms with van der Waals surface area (Å²) in [7, 11) is 0. The third kappa shape index (κ3) is 3.47. The van der Waals surface area contributed by atoms with Crippen LogP contribution in [0.2, 0.25) is 0 Å². The summed E-state index contributed by atoms with van der Waals surface area (Å²) in [5.41, 5.74) is 2.54. The van der Waals surface area contributed by atoms with Crippen LogP contribution >= 0.6 is 0 Å². The second-order valence-electron chi connectivity index (χ2n) is 7.32. The minimum atomic E-state index is -0.222. The lowest BCUT2D eigenvalue weighted by molar-refractivity contribution is 0.0952. The number of rotatable bonds is 6. The third-order valence-corrected chi connectivity index (χ3v) is 5.16. The first-order valence-corrected chi connectivity index (χ1v) is 9.95. The summed E-state index contributed by atoms with van der Waals surface area (Å²) in [6.07, 6.45) is 5.30. The molecule has 30 heavy (non-hydrogen) atoms. The molecule has 8 heteroatoms. The van der Waals surface area contributed by atoms with Crippen LogP contribution < -0.4 is 11.0 Å². The molecule has 0 unspecified atom stereocenters. The number of amides is 1. The molecule has 0 spiro atoms. The molecule has 0 atom stereocenters. The summed E-state index contributed by atoms with van der Waals surface area (Å²) in [6, 6.07) is 14.7. The van der Waals surface area contributed by atoms with Crippen LogP contribution in [0.3, 0.4) is 0 Å². The number of aromatic nitrogens is 5. The van der Waals surface area contributed by atoms with E-state index in [9.17, 15) is 9.59 Å². The molecule has 8 nitrogen and oxygen atoms in total. The van der Waals surface area contributed by atoms with Crippen LogP contribution in [0.25, 0.3) is 16.7 Å². The van der Waals surface area contributed by atoms with E-state index in [2.05, 4.69) is 20.4 Å². The number of fused-ring (bicyclic) bond motifs is 1. The fraction of sp³-hybridized carbons (Fsp3) is 0.227. The summed E-state index contributed by atoms with van der Waals surface area (Å²) >= 11 is 0. The van der Waals surface area contributed by atoms with Crippen molar-refractivity contribution in [2.45, 2.75) is 25.3 Å². The van der Waals surface area contributed by atoms with Gasteiger partial charge in [-0.25, -0.2) is 14.0 Å². The number of carbonyl (C=O) groups excluding carboxylic acids is 1. The molecule has 2 aromatic carbocycles. The molecule has 0 bridgehead atoms. The molecular formula is C22H20N6O2. The maximum Gasteiger partial charge on any atom is 0.350 e. The van der Waals surface area contributed by atoms with E-state index in [0.717, 1.165) is 29.9 Å². The zero-order chi connectivity index (χ0) is 20.5. The lowest BCUT2D eigenvalue weighted by Crippen LogP contribution is -2.32. The molecule has 1 fully saturated rings. The first kappa shape index (κ1) is 18.2. The largest absolute Gasteiger partial charge is 0.350 e. The van der Waals surface area contributed by atoms with Crippen molar-refractivity contribution in [2.75, 3.05) is 6.54 Å². The quantitative estimate of drug-likeness (QED) is 0.536. The molecule has 150 valence electrons. The van der Waals surface area contributed by atoms with Gasteiger partial charge in [0, 0.05) is 30.4 Å². The highest BCUT2D eigenvalue weighted by atomic mass is 16.2. The summed E-state index contributed by atoms with van der Waals surface area (Å²) in [6.45, 7) is 0.602. The van der Waals surface area contributed by atoms with Crippen LogP contribution in [0.1, 0.15) is 34.9 Å². The third-order valence-electron chi connectivity index (χ3n) is 5.16. The molecule has 0 aliphatic heterocycles. The maximum absolute atomic E-state index is 13.0. The van der Waals surface area contributed by atoms with Gasteiger partial charge in [-0.15, -0.1) is 0 Å². The Morgan fingerprint density at radius 1 is 1.03 bits per heavy atom. The predicted molar refractivity (Wildman–Crippen MR) is 112 cm³/mol. The lowest BCUT2D eigenvalue weighted by atomic mass is 10.2. The van der Waals surface area contributed by atoms with Crippen molar-refractivity contribution in [3.05, 3.63) is 82.8 Å². The van der Waals surface area contributed by atoms with E-state index in [1.54, 1.807) is 35.2 Å². The van der Waals surface area contributed by atoms with Crippen molar-refractivity contribution in [1.82, 2.24) is 29.6 Å². The van der Waals surface area contributed by atoms with E-state index in [4.69, 9.17) is 0 Å². The molecule has 1 saturated carbocycles. The Morgan fingerprint density at radius 3 is 2.57 bits per heavy atom. The molecule has 1 amide bonds. The zero-order valence-electron chi connectivity index (χ0n) is 16.2. The van der Waals surface area contributed by atoms with Crippen molar-refractivity contribution in [3.8, 4) is 5.69 Å². The van der Waals surface area contributed by atoms with Gasteiger partial charge in [-0.05, 0) is 43.2 Å². The highest BCUT2D eigenvalue weighted by molar-refractivity contribution is 5.97. The van der Waals surface area contributed by atoms with Gasteiger partial charge in [0.1, 0.15) is 5.82 Å². The Hall–Kier alpha value is -3.81. The molecule has 1 aliphatic carbocycles. The van der Waals surface area contributed by atoms with Gasteiger partial charge >= 0.3 is 5.69 Å². The van der Waals surface area contributed by atoms with E-state index in [-0.39, 0.29) is 11.6 Å². The van der Waals surface area contributed by atoms with Crippen molar-refractivity contribution < 1.29 is 4.79 Å². The van der Waals surface area contributed by atoms with Gasteiger partial charge in [0.05, 0.1) is 23.3 Å². The van der Waals surface area contributed by atoms with Gasteiger partial charge in [0.15, 0.2) is 0 Å². The Morgan fingerprint density at radius 2 is 1.80 bits per heavy atom. The van der Waals surface area contributed by atoms with Crippen molar-refractivity contribution in [1.29, 1.82) is 0 Å². The number of benzene rings is 2. The van der Waals surface area contributed by atoms with E-state index in [1.165, 1.54) is 4.68 Å². The number of carbonyl (C=O) groups is 1. The average Bonchev–Trinajstić information content (AvgIpc) is 3.58. The van der Waals surface area contributed by atoms with Crippen molar-refractivity contribution >= 4 is 16.9 Å². The second-order valence-corrected chi connectivity index (χ2v) is 7.32. The van der Waals surface area contributed by atoms with Gasteiger partial charge in [0.25, 0.3) is 5.91 Å². The van der Waals surface area contributed by atoms with Crippen LogP contribution in [-0.2, 0) is 6.54 Å². The standard InChI is InChI=1S/C22H20N6O2/c29-21(16-8-9-18-19(14-16)24-11-10-23-18)25-12-13-27-22(30)28(17-4-2-1-3-5-17)20(26-27)15-6-7-15/h1-5,8-11,14-15H,6-7,12-13H2,(H,25,29). The maximum atomic E-state index is 13.0. The molecular weight excluding hydrogens is 380 g/mol. The van der Waals surface area contributed by atoms with Crippen molar-refractivity contribution in [3.63, 3.8) is 0 Å². The van der Waals surface area contributed by atoms with E-state index < -0.39 is 0 Å². The van der Waals surface area contributed by atoms with E-state index in [0.29, 0.717) is 30.1 Å². The molecule has 2 aromatic heterocycles. The zero-order valence-corrected chi connectivity index (χ0v) is 16.2. The normalized spacial score (nSPS) is 13.5. The van der Waals surface area contributed by atoms with E-state index >= 15 is 0 Å². The summed E-state index contributed by atoms with van der Waals surface area (Å²) < 4.78 is 3.12. The molecule has 2 heterocycles. The lowest BCUT2D eigenvalue weighted by Gasteiger charge is -2.06. The number of hydrogen-bond acceptors (Lipinski definition) is 5. The summed E-state index contributed by atoms with van der Waals surface area (Å²) in [5.74, 6) is 0.901. The van der Waals surface area contributed by atoms with Gasteiger partial charge in [-0.1, -0.05) is 18.2 Å². The van der Waals surface area contributed by atoms with Crippen LogP contribution in [0, 0.1) is 0 Å². The smallest absolute Gasteiger partial charge is 0.350 e. The van der Waals surface area contributed by atoms with Gasteiger partial charge in [0.2, 0.25) is 0 Å². The number of nitrogens with one attached hydrogen (secondary N) is 1. The fourth-order valence-corrected chi connectivity index (χ4v) is 3.48. The Labute approximate surface area is 172 Å². The Balaban J connectivity index is 1.31. The fourth-order valence-electron chi connectivity index (χ4n) is 3.48. The monoisotopic (exact) mass is 400 g/mol. The minimum absolute atomic E-state index is 0.182. The number of para-hydroxylation sites is 1.